The van der Waals surface area contributed by atoms with Crippen LogP contribution >= 0.6 is 28.1 Å². The number of nitrogens with one attached hydrogen (secondary N) is 3. The minimum atomic E-state index is -0.382. The molecule has 0 aliphatic heterocycles. The molecular formula is C12H12BrN5OS. The molecule has 20 heavy (non-hydrogen) atoms. The number of amides is 1. The molecule has 0 saturated carbocycles. The number of hydrazine groups is 1. The number of rotatable bonds is 2. The predicted octanol–water partition coefficient (Wildman–Crippen LogP) is 1.37. The van der Waals surface area contributed by atoms with Gasteiger partial charge >= 0.3 is 5.91 Å². The molecule has 1 aromatic carbocycles. The molecule has 0 fully saturated rings. The lowest BCUT2D eigenvalue weighted by Gasteiger charge is -2.10. The van der Waals surface area contributed by atoms with Crippen molar-refractivity contribution in [3.05, 3.63) is 47.0 Å². The minimum Gasteiger partial charge on any atom is -0.364 e. The predicted molar refractivity (Wildman–Crippen MR) is 83.5 cm³/mol. The van der Waals surface area contributed by atoms with E-state index >= 15 is 0 Å². The van der Waals surface area contributed by atoms with Gasteiger partial charge in [-0.2, -0.15) is 0 Å². The fraction of sp³-hybridized carbons (Fsp3) is 0.0833. The first kappa shape index (κ1) is 14.5. The van der Waals surface area contributed by atoms with Crippen LogP contribution in [0, 0.1) is 0 Å². The molecule has 2 rings (SSSR count). The highest BCUT2D eigenvalue weighted by Crippen LogP contribution is 2.16. The fourth-order valence-corrected chi connectivity index (χ4v) is 1.98. The summed E-state index contributed by atoms with van der Waals surface area (Å²) >= 11 is 8.27. The van der Waals surface area contributed by atoms with Crippen molar-refractivity contribution in [3.63, 3.8) is 0 Å². The van der Waals surface area contributed by atoms with E-state index in [0.717, 1.165) is 10.2 Å². The van der Waals surface area contributed by atoms with Crippen LogP contribution in [-0.4, -0.2) is 27.6 Å². The Morgan fingerprint density at radius 1 is 1.40 bits per heavy atom. The summed E-state index contributed by atoms with van der Waals surface area (Å²) in [7, 11) is 1.66. The van der Waals surface area contributed by atoms with Crippen molar-refractivity contribution in [2.75, 3.05) is 7.05 Å². The molecule has 0 saturated heterocycles. The van der Waals surface area contributed by atoms with Gasteiger partial charge in [0, 0.05) is 29.6 Å². The number of hydrogen-bond donors (Lipinski definition) is 3. The Balaban J connectivity index is 2.20. The summed E-state index contributed by atoms with van der Waals surface area (Å²) in [6.07, 6.45) is 3.28. The van der Waals surface area contributed by atoms with Gasteiger partial charge < -0.3 is 5.32 Å². The maximum atomic E-state index is 12.0. The summed E-state index contributed by atoms with van der Waals surface area (Å²) in [4.78, 5) is 16.1. The van der Waals surface area contributed by atoms with Gasteiger partial charge in [0.2, 0.25) is 5.82 Å². The van der Waals surface area contributed by atoms with Crippen molar-refractivity contribution >= 4 is 39.2 Å². The number of carbonyl (C=O) groups excluding carboxylic acids is 1. The Bertz CT molecular complexity index is 642. The summed E-state index contributed by atoms with van der Waals surface area (Å²) in [6, 6.07) is 7.57. The monoisotopic (exact) mass is 353 g/mol. The second kappa shape index (κ2) is 6.49. The van der Waals surface area contributed by atoms with Crippen LogP contribution < -0.4 is 16.2 Å². The smallest absolute Gasteiger partial charge is 0.306 e. The van der Waals surface area contributed by atoms with Gasteiger partial charge in [0.1, 0.15) is 0 Å². The van der Waals surface area contributed by atoms with E-state index in [9.17, 15) is 4.79 Å². The fourth-order valence-electron chi connectivity index (χ4n) is 1.54. The first-order chi connectivity index (χ1) is 9.61. The van der Waals surface area contributed by atoms with Crippen molar-refractivity contribution < 1.29 is 4.79 Å². The highest BCUT2D eigenvalue weighted by molar-refractivity contribution is 9.10. The zero-order valence-electron chi connectivity index (χ0n) is 10.6. The van der Waals surface area contributed by atoms with Gasteiger partial charge in [0.15, 0.2) is 5.11 Å². The summed E-state index contributed by atoms with van der Waals surface area (Å²) in [5, 5.41) is 3.01. The van der Waals surface area contributed by atoms with Crippen LogP contribution in [-0.2, 0) is 0 Å². The Morgan fingerprint density at radius 3 is 2.90 bits per heavy atom. The lowest BCUT2D eigenvalue weighted by atomic mass is 10.3. The maximum Gasteiger partial charge on any atom is 0.306 e. The number of aromatic nitrogens is 2. The lowest BCUT2D eigenvalue weighted by molar-refractivity contribution is 0.0931. The molecule has 0 bridgehead atoms. The average Bonchev–Trinajstić information content (AvgIpc) is 2.93. The second-order valence-corrected chi connectivity index (χ2v) is 5.08. The topological polar surface area (TPSA) is 71.0 Å². The maximum absolute atomic E-state index is 12.0. The molecule has 1 amide bonds. The first-order valence-corrected chi connectivity index (χ1v) is 6.89. The Labute approximate surface area is 129 Å². The zero-order valence-corrected chi connectivity index (χ0v) is 13.0. The molecule has 0 aliphatic rings. The standard InChI is InChI=1S/C12H12BrN5OS/c1-14-12(20)17-16-11(19)10-15-5-6-18(10)9-4-2-3-8(13)7-9/h2-7H,1H3,(H,16,19)(H2,14,17,20). The van der Waals surface area contributed by atoms with Gasteiger partial charge in [-0.1, -0.05) is 22.0 Å². The van der Waals surface area contributed by atoms with Crippen LogP contribution in [0.2, 0.25) is 0 Å². The third-order valence-electron chi connectivity index (χ3n) is 2.45. The van der Waals surface area contributed by atoms with Crippen molar-refractivity contribution in [2.24, 2.45) is 0 Å². The Kier molecular flexibility index (Phi) is 4.70. The number of thiocarbonyl (C=S) groups is 1. The number of benzene rings is 1. The SMILES string of the molecule is CNC(=S)NNC(=O)c1nccn1-c1cccc(Br)c1. The second-order valence-electron chi connectivity index (χ2n) is 3.76. The highest BCUT2D eigenvalue weighted by Gasteiger charge is 2.14. The van der Waals surface area contributed by atoms with E-state index in [-0.39, 0.29) is 11.7 Å². The van der Waals surface area contributed by atoms with E-state index in [4.69, 9.17) is 12.2 Å². The van der Waals surface area contributed by atoms with Crippen LogP contribution in [0.4, 0.5) is 0 Å². The molecule has 0 radical (unpaired) electrons. The summed E-state index contributed by atoms with van der Waals surface area (Å²) in [5.74, 6) is -0.123. The molecule has 8 heteroatoms. The molecule has 1 heterocycles. The van der Waals surface area contributed by atoms with Crippen molar-refractivity contribution in [1.82, 2.24) is 25.7 Å². The number of nitrogens with zero attached hydrogens (tertiary/aromatic N) is 2. The summed E-state index contributed by atoms with van der Waals surface area (Å²) in [5.41, 5.74) is 5.87. The Hall–Kier alpha value is -1.93. The molecule has 3 N–H and O–H groups in total. The van der Waals surface area contributed by atoms with E-state index in [2.05, 4.69) is 37.1 Å². The van der Waals surface area contributed by atoms with Crippen LogP contribution in [0.1, 0.15) is 10.6 Å². The largest absolute Gasteiger partial charge is 0.364 e. The van der Waals surface area contributed by atoms with Crippen molar-refractivity contribution in [1.29, 1.82) is 0 Å². The van der Waals surface area contributed by atoms with Gasteiger partial charge in [-0.25, -0.2) is 4.98 Å². The number of hydrogen-bond acceptors (Lipinski definition) is 3. The normalized spacial score (nSPS) is 9.90. The molecule has 1 aromatic heterocycles. The minimum absolute atomic E-state index is 0.259. The average molecular weight is 354 g/mol. The number of carbonyl (C=O) groups is 1. The number of imidazole rings is 1. The van der Waals surface area contributed by atoms with E-state index in [1.807, 2.05) is 24.3 Å². The number of halogens is 1. The van der Waals surface area contributed by atoms with Crippen LogP contribution in [0.5, 0.6) is 0 Å². The van der Waals surface area contributed by atoms with E-state index in [1.165, 1.54) is 0 Å². The van der Waals surface area contributed by atoms with E-state index in [0.29, 0.717) is 5.11 Å². The van der Waals surface area contributed by atoms with E-state index in [1.54, 1.807) is 24.0 Å². The molecule has 0 unspecified atom stereocenters. The molecule has 6 nitrogen and oxygen atoms in total. The van der Waals surface area contributed by atoms with E-state index < -0.39 is 0 Å². The highest BCUT2D eigenvalue weighted by atomic mass is 79.9. The van der Waals surface area contributed by atoms with Crippen LogP contribution in [0.3, 0.4) is 0 Å². The van der Waals surface area contributed by atoms with Crippen LogP contribution in [0.15, 0.2) is 41.1 Å². The third-order valence-corrected chi connectivity index (χ3v) is 3.25. The zero-order chi connectivity index (χ0) is 14.5. The van der Waals surface area contributed by atoms with Gasteiger partial charge in [0.25, 0.3) is 0 Å². The first-order valence-electron chi connectivity index (χ1n) is 5.69. The summed E-state index contributed by atoms with van der Waals surface area (Å²) in [6.45, 7) is 0. The molecule has 0 aliphatic carbocycles. The van der Waals surface area contributed by atoms with Gasteiger partial charge in [-0.3, -0.25) is 20.2 Å². The van der Waals surface area contributed by atoms with Gasteiger partial charge in [-0.05, 0) is 30.4 Å². The molecular weight excluding hydrogens is 342 g/mol. The van der Waals surface area contributed by atoms with Gasteiger partial charge in [-0.15, -0.1) is 0 Å². The lowest BCUT2D eigenvalue weighted by Crippen LogP contribution is -2.46. The quantitative estimate of drug-likeness (QED) is 0.561. The Morgan fingerprint density at radius 2 is 2.20 bits per heavy atom. The molecule has 0 atom stereocenters. The molecule has 0 spiro atoms. The van der Waals surface area contributed by atoms with Crippen molar-refractivity contribution in [2.45, 2.75) is 0 Å². The molecule has 2 aromatic rings. The molecule has 104 valence electrons. The summed E-state index contributed by atoms with van der Waals surface area (Å²) < 4.78 is 2.61. The van der Waals surface area contributed by atoms with Crippen molar-refractivity contribution in [3.8, 4) is 5.69 Å². The third kappa shape index (κ3) is 3.34. The van der Waals surface area contributed by atoms with Crippen LogP contribution in [0.25, 0.3) is 5.69 Å². The van der Waals surface area contributed by atoms with Gasteiger partial charge in [0.05, 0.1) is 0 Å².